The van der Waals surface area contributed by atoms with Gasteiger partial charge in [0.1, 0.15) is 6.61 Å². The monoisotopic (exact) mass is 282 g/mol. The topological polar surface area (TPSA) is 70.1 Å². The summed E-state index contributed by atoms with van der Waals surface area (Å²) in [5.74, 6) is -0.945. The zero-order chi connectivity index (χ0) is 14.5. The normalized spacial score (nSPS) is 20.8. The number of nitrogens with zero attached hydrogens (tertiary/aromatic N) is 2. The number of aliphatic carboxylic acids is 1. The van der Waals surface area contributed by atoms with Crippen LogP contribution in [0.1, 0.15) is 26.2 Å². The lowest BCUT2D eigenvalue weighted by Gasteiger charge is -2.36. The molecule has 1 saturated heterocycles. The zero-order valence-corrected chi connectivity index (χ0v) is 11.9. The summed E-state index contributed by atoms with van der Waals surface area (Å²) in [5, 5.41) is 8.58. The van der Waals surface area contributed by atoms with E-state index in [1.165, 1.54) is 5.57 Å². The van der Waals surface area contributed by atoms with Crippen LogP contribution < -0.4 is 0 Å². The van der Waals surface area contributed by atoms with Gasteiger partial charge in [-0.25, -0.2) is 9.59 Å². The van der Waals surface area contributed by atoms with Gasteiger partial charge in [-0.1, -0.05) is 11.6 Å². The molecule has 0 aromatic rings. The molecule has 6 nitrogen and oxygen atoms in total. The van der Waals surface area contributed by atoms with Gasteiger partial charge in [-0.05, 0) is 26.2 Å². The molecule has 0 aromatic carbocycles. The van der Waals surface area contributed by atoms with Gasteiger partial charge < -0.3 is 19.6 Å². The van der Waals surface area contributed by atoms with Gasteiger partial charge >= 0.3 is 12.0 Å². The maximum absolute atomic E-state index is 12.4. The molecule has 112 valence electrons. The standard InChI is InChI=1S/C14H22N2O4/c1-11-3-2-6-16(9-11)14(19)15-7-4-12(5-8-15)20-10-13(17)18/h3,12H,2,4-10H2,1H3,(H,17,18). The van der Waals surface area contributed by atoms with Crippen molar-refractivity contribution in [2.75, 3.05) is 32.8 Å². The molecule has 1 N–H and O–H groups in total. The molecular weight excluding hydrogens is 260 g/mol. The average molecular weight is 282 g/mol. The fourth-order valence-corrected chi connectivity index (χ4v) is 2.68. The molecule has 0 spiro atoms. The quantitative estimate of drug-likeness (QED) is 0.793. The first-order chi connectivity index (χ1) is 9.56. The maximum atomic E-state index is 12.4. The molecule has 0 bridgehead atoms. The molecule has 0 saturated carbocycles. The lowest BCUT2D eigenvalue weighted by atomic mass is 10.1. The van der Waals surface area contributed by atoms with E-state index in [2.05, 4.69) is 6.08 Å². The van der Waals surface area contributed by atoms with Crippen molar-refractivity contribution in [3.8, 4) is 0 Å². The second-order valence-corrected chi connectivity index (χ2v) is 5.43. The van der Waals surface area contributed by atoms with E-state index in [1.807, 2.05) is 16.7 Å². The Morgan fingerprint density at radius 2 is 2.00 bits per heavy atom. The third-order valence-corrected chi connectivity index (χ3v) is 3.76. The number of carbonyl (C=O) groups is 2. The van der Waals surface area contributed by atoms with Crippen molar-refractivity contribution in [3.63, 3.8) is 0 Å². The van der Waals surface area contributed by atoms with Gasteiger partial charge in [0.05, 0.1) is 6.10 Å². The van der Waals surface area contributed by atoms with E-state index in [-0.39, 0.29) is 18.7 Å². The Morgan fingerprint density at radius 1 is 1.30 bits per heavy atom. The molecule has 0 radical (unpaired) electrons. The van der Waals surface area contributed by atoms with E-state index >= 15 is 0 Å². The first kappa shape index (κ1) is 14.8. The van der Waals surface area contributed by atoms with E-state index in [0.29, 0.717) is 32.5 Å². The van der Waals surface area contributed by atoms with Gasteiger partial charge in [0.2, 0.25) is 0 Å². The number of hydrogen-bond donors (Lipinski definition) is 1. The van der Waals surface area contributed by atoms with Crippen LogP contribution in [0, 0.1) is 0 Å². The number of urea groups is 1. The van der Waals surface area contributed by atoms with Crippen LogP contribution in [0.15, 0.2) is 11.6 Å². The van der Waals surface area contributed by atoms with Crippen LogP contribution in [0.5, 0.6) is 0 Å². The first-order valence-electron chi connectivity index (χ1n) is 7.09. The summed E-state index contributed by atoms with van der Waals surface area (Å²) in [6.45, 7) is 4.57. The van der Waals surface area contributed by atoms with Crippen LogP contribution in [0.4, 0.5) is 4.79 Å². The lowest BCUT2D eigenvalue weighted by Crippen LogP contribution is -2.49. The van der Waals surface area contributed by atoms with Gasteiger partial charge in [0, 0.05) is 26.2 Å². The highest BCUT2D eigenvalue weighted by molar-refractivity contribution is 5.75. The SMILES string of the molecule is CC1=CCCN(C(=O)N2CCC(OCC(=O)O)CC2)C1. The van der Waals surface area contributed by atoms with Crippen molar-refractivity contribution in [3.05, 3.63) is 11.6 Å². The largest absolute Gasteiger partial charge is 0.480 e. The second-order valence-electron chi connectivity index (χ2n) is 5.43. The summed E-state index contributed by atoms with van der Waals surface area (Å²) < 4.78 is 5.27. The van der Waals surface area contributed by atoms with Gasteiger partial charge in [-0.15, -0.1) is 0 Å². The predicted molar refractivity (Wildman–Crippen MR) is 73.5 cm³/mol. The van der Waals surface area contributed by atoms with E-state index in [4.69, 9.17) is 9.84 Å². The summed E-state index contributed by atoms with van der Waals surface area (Å²) in [5.41, 5.74) is 1.24. The van der Waals surface area contributed by atoms with Crippen LogP contribution in [-0.2, 0) is 9.53 Å². The molecule has 2 aliphatic rings. The van der Waals surface area contributed by atoms with Gasteiger partial charge in [0.15, 0.2) is 0 Å². The third-order valence-electron chi connectivity index (χ3n) is 3.76. The number of piperidine rings is 1. The summed E-state index contributed by atoms with van der Waals surface area (Å²) in [6.07, 6.45) is 4.48. The van der Waals surface area contributed by atoms with Crippen molar-refractivity contribution < 1.29 is 19.4 Å². The molecule has 2 rings (SSSR count). The molecule has 0 aliphatic carbocycles. The molecule has 0 atom stereocenters. The van der Waals surface area contributed by atoms with E-state index < -0.39 is 5.97 Å². The number of carboxylic acid groups (broad SMARTS) is 1. The molecule has 2 heterocycles. The highest BCUT2D eigenvalue weighted by atomic mass is 16.5. The summed E-state index contributed by atoms with van der Waals surface area (Å²) in [6, 6.07) is 0.0918. The number of carbonyl (C=O) groups excluding carboxylic acids is 1. The third kappa shape index (κ3) is 3.96. The summed E-state index contributed by atoms with van der Waals surface area (Å²) in [7, 11) is 0. The lowest BCUT2D eigenvalue weighted by molar-refractivity contribution is -0.145. The Labute approximate surface area is 119 Å². The molecule has 2 aliphatic heterocycles. The zero-order valence-electron chi connectivity index (χ0n) is 11.9. The van der Waals surface area contributed by atoms with Gasteiger partial charge in [-0.3, -0.25) is 0 Å². The van der Waals surface area contributed by atoms with Crippen molar-refractivity contribution in [1.82, 2.24) is 9.80 Å². The van der Waals surface area contributed by atoms with Crippen molar-refractivity contribution >= 4 is 12.0 Å². The highest BCUT2D eigenvalue weighted by Gasteiger charge is 2.27. The molecule has 0 aromatic heterocycles. The number of rotatable bonds is 3. The minimum absolute atomic E-state index is 0.0434. The Bertz CT molecular complexity index is 400. The molecule has 2 amide bonds. The first-order valence-corrected chi connectivity index (χ1v) is 7.09. The Morgan fingerprint density at radius 3 is 2.60 bits per heavy atom. The Hall–Kier alpha value is -1.56. The van der Waals surface area contributed by atoms with Gasteiger partial charge in [0.25, 0.3) is 0 Å². The number of ether oxygens (including phenoxy) is 1. The molecule has 20 heavy (non-hydrogen) atoms. The Kier molecular flexibility index (Phi) is 5.00. The number of likely N-dealkylation sites (tertiary alicyclic amines) is 1. The molecule has 6 heteroatoms. The van der Waals surface area contributed by atoms with Crippen molar-refractivity contribution in [2.45, 2.75) is 32.3 Å². The second kappa shape index (κ2) is 6.74. The van der Waals surface area contributed by atoms with E-state index in [1.54, 1.807) is 0 Å². The summed E-state index contributed by atoms with van der Waals surface area (Å²) >= 11 is 0. The van der Waals surface area contributed by atoms with Crippen LogP contribution in [-0.4, -0.2) is 65.8 Å². The van der Waals surface area contributed by atoms with Crippen LogP contribution in [0.25, 0.3) is 0 Å². The van der Waals surface area contributed by atoms with Crippen LogP contribution in [0.3, 0.4) is 0 Å². The maximum Gasteiger partial charge on any atom is 0.329 e. The van der Waals surface area contributed by atoms with Crippen LogP contribution in [0.2, 0.25) is 0 Å². The number of hydrogen-bond acceptors (Lipinski definition) is 3. The van der Waals surface area contributed by atoms with Crippen molar-refractivity contribution in [2.24, 2.45) is 0 Å². The fourth-order valence-electron chi connectivity index (χ4n) is 2.68. The molecular formula is C14H22N2O4. The van der Waals surface area contributed by atoms with Crippen molar-refractivity contribution in [1.29, 1.82) is 0 Å². The fraction of sp³-hybridized carbons (Fsp3) is 0.714. The smallest absolute Gasteiger partial charge is 0.329 e. The van der Waals surface area contributed by atoms with E-state index in [9.17, 15) is 9.59 Å². The predicted octanol–water partition coefficient (Wildman–Crippen LogP) is 1.32. The minimum Gasteiger partial charge on any atom is -0.480 e. The minimum atomic E-state index is -0.945. The number of amides is 2. The Balaban J connectivity index is 1.77. The van der Waals surface area contributed by atoms with Gasteiger partial charge in [-0.2, -0.15) is 0 Å². The van der Waals surface area contributed by atoms with Crippen LogP contribution >= 0.6 is 0 Å². The summed E-state index contributed by atoms with van der Waals surface area (Å²) in [4.78, 5) is 26.5. The molecule has 1 fully saturated rings. The van der Waals surface area contributed by atoms with E-state index in [0.717, 1.165) is 13.0 Å². The number of carboxylic acids is 1. The average Bonchev–Trinajstić information content (AvgIpc) is 2.45. The molecule has 0 unspecified atom stereocenters. The highest BCUT2D eigenvalue weighted by Crippen LogP contribution is 2.17.